The van der Waals surface area contributed by atoms with Crippen LogP contribution >= 0.6 is 0 Å². The molecule has 0 fully saturated rings. The smallest absolute Gasteiger partial charge is 0.137 e. The van der Waals surface area contributed by atoms with Crippen LogP contribution in [0.1, 0.15) is 35.2 Å². The number of ether oxygens (including phenoxy) is 1. The Balaban J connectivity index is 2.35. The van der Waals surface area contributed by atoms with Crippen molar-refractivity contribution >= 4 is 0 Å². The maximum Gasteiger partial charge on any atom is 0.137 e. The van der Waals surface area contributed by atoms with E-state index in [1.54, 1.807) is 12.4 Å². The van der Waals surface area contributed by atoms with Gasteiger partial charge in [0.15, 0.2) is 0 Å². The van der Waals surface area contributed by atoms with Crippen molar-refractivity contribution < 1.29 is 4.74 Å². The van der Waals surface area contributed by atoms with Gasteiger partial charge in [0.25, 0.3) is 0 Å². The van der Waals surface area contributed by atoms with Gasteiger partial charge in [-0.3, -0.25) is 4.98 Å². The summed E-state index contributed by atoms with van der Waals surface area (Å²) < 4.78 is 5.47. The molecular formula is C16H20N2O. The van der Waals surface area contributed by atoms with Crippen molar-refractivity contribution in [1.82, 2.24) is 4.98 Å². The summed E-state index contributed by atoms with van der Waals surface area (Å²) in [6.07, 6.45) is 3.51. The summed E-state index contributed by atoms with van der Waals surface area (Å²) in [4.78, 5) is 4.20. The van der Waals surface area contributed by atoms with E-state index in [4.69, 9.17) is 10.5 Å². The van der Waals surface area contributed by atoms with Gasteiger partial charge in [0.2, 0.25) is 0 Å². The average Bonchev–Trinajstić information content (AvgIpc) is 2.42. The van der Waals surface area contributed by atoms with E-state index in [1.807, 2.05) is 19.1 Å². The fourth-order valence-corrected chi connectivity index (χ4v) is 2.14. The number of aromatic nitrogens is 1. The van der Waals surface area contributed by atoms with E-state index in [1.165, 1.54) is 11.1 Å². The van der Waals surface area contributed by atoms with Crippen molar-refractivity contribution in [3.63, 3.8) is 0 Å². The molecule has 0 aliphatic rings. The first-order valence-corrected chi connectivity index (χ1v) is 6.53. The quantitative estimate of drug-likeness (QED) is 0.914. The lowest BCUT2D eigenvalue weighted by atomic mass is 9.94. The molecule has 1 aromatic carbocycles. The molecule has 2 rings (SSSR count). The third kappa shape index (κ3) is 2.93. The van der Waals surface area contributed by atoms with Gasteiger partial charge >= 0.3 is 0 Å². The van der Waals surface area contributed by atoms with Gasteiger partial charge in [0.1, 0.15) is 5.75 Å². The molecule has 0 saturated heterocycles. The van der Waals surface area contributed by atoms with Crippen LogP contribution in [0.5, 0.6) is 5.75 Å². The highest BCUT2D eigenvalue weighted by atomic mass is 16.5. The molecule has 0 aliphatic carbocycles. The molecule has 0 bridgehead atoms. The summed E-state index contributed by atoms with van der Waals surface area (Å²) in [6, 6.07) is 7.99. The lowest BCUT2D eigenvalue weighted by Gasteiger charge is -2.17. The second kappa shape index (κ2) is 5.85. The standard InChI is InChI=1S/C16H20N2O/c1-4-19-14-8-13(9-18-10-14)16(17)15-7-5-6-11(2)12(15)3/h5-10,16H,4,17H2,1-3H3. The van der Waals surface area contributed by atoms with Crippen LogP contribution in [0.4, 0.5) is 0 Å². The minimum atomic E-state index is -0.173. The van der Waals surface area contributed by atoms with Crippen molar-refractivity contribution in [2.24, 2.45) is 5.73 Å². The SMILES string of the molecule is CCOc1cncc(C(N)c2cccc(C)c2C)c1. The van der Waals surface area contributed by atoms with Gasteiger partial charge < -0.3 is 10.5 Å². The number of benzene rings is 1. The minimum absolute atomic E-state index is 0.173. The molecule has 2 N–H and O–H groups in total. The average molecular weight is 256 g/mol. The fourth-order valence-electron chi connectivity index (χ4n) is 2.14. The third-order valence-electron chi connectivity index (χ3n) is 3.39. The zero-order valence-corrected chi connectivity index (χ0v) is 11.7. The number of rotatable bonds is 4. The highest BCUT2D eigenvalue weighted by Gasteiger charge is 2.13. The van der Waals surface area contributed by atoms with Crippen LogP contribution in [0.2, 0.25) is 0 Å². The van der Waals surface area contributed by atoms with Crippen molar-refractivity contribution in [2.75, 3.05) is 6.61 Å². The highest BCUT2D eigenvalue weighted by Crippen LogP contribution is 2.26. The Bertz CT molecular complexity index is 566. The Labute approximate surface area is 114 Å². The lowest BCUT2D eigenvalue weighted by molar-refractivity contribution is 0.338. The number of hydrogen-bond acceptors (Lipinski definition) is 3. The zero-order chi connectivity index (χ0) is 13.8. The molecule has 0 spiro atoms. The van der Waals surface area contributed by atoms with E-state index in [9.17, 15) is 0 Å². The Morgan fingerprint density at radius 3 is 2.79 bits per heavy atom. The van der Waals surface area contributed by atoms with Crippen LogP contribution < -0.4 is 10.5 Å². The second-order valence-corrected chi connectivity index (χ2v) is 4.65. The normalized spacial score (nSPS) is 12.2. The molecule has 1 unspecified atom stereocenters. The molecule has 19 heavy (non-hydrogen) atoms. The Kier molecular flexibility index (Phi) is 4.17. The van der Waals surface area contributed by atoms with Crippen LogP contribution in [0, 0.1) is 13.8 Å². The van der Waals surface area contributed by atoms with Gasteiger partial charge in [0, 0.05) is 6.20 Å². The summed E-state index contributed by atoms with van der Waals surface area (Å²) >= 11 is 0. The molecule has 1 heterocycles. The zero-order valence-electron chi connectivity index (χ0n) is 11.7. The number of aryl methyl sites for hydroxylation is 1. The number of nitrogens with two attached hydrogens (primary N) is 1. The molecular weight excluding hydrogens is 236 g/mol. The van der Waals surface area contributed by atoms with Crippen LogP contribution in [0.3, 0.4) is 0 Å². The molecule has 0 aliphatic heterocycles. The van der Waals surface area contributed by atoms with Crippen LogP contribution in [-0.2, 0) is 0 Å². The second-order valence-electron chi connectivity index (χ2n) is 4.65. The summed E-state index contributed by atoms with van der Waals surface area (Å²) in [5.41, 5.74) is 10.9. The van der Waals surface area contributed by atoms with Crippen LogP contribution in [0.25, 0.3) is 0 Å². The van der Waals surface area contributed by atoms with Gasteiger partial charge in [0.05, 0.1) is 18.8 Å². The van der Waals surface area contributed by atoms with Crippen molar-refractivity contribution in [3.05, 3.63) is 58.9 Å². The first-order valence-electron chi connectivity index (χ1n) is 6.53. The molecule has 0 amide bonds. The van der Waals surface area contributed by atoms with Crippen LogP contribution in [-0.4, -0.2) is 11.6 Å². The highest BCUT2D eigenvalue weighted by molar-refractivity contribution is 5.40. The largest absolute Gasteiger partial charge is 0.492 e. The topological polar surface area (TPSA) is 48.1 Å². The number of nitrogens with zero attached hydrogens (tertiary/aromatic N) is 1. The molecule has 100 valence electrons. The Morgan fingerprint density at radius 2 is 2.05 bits per heavy atom. The minimum Gasteiger partial charge on any atom is -0.492 e. The monoisotopic (exact) mass is 256 g/mol. The van der Waals surface area contributed by atoms with Gasteiger partial charge in [-0.25, -0.2) is 0 Å². The summed E-state index contributed by atoms with van der Waals surface area (Å²) in [7, 11) is 0. The van der Waals surface area contributed by atoms with E-state index in [0.29, 0.717) is 6.61 Å². The van der Waals surface area contributed by atoms with Gasteiger partial charge in [-0.2, -0.15) is 0 Å². The molecule has 1 atom stereocenters. The molecule has 0 radical (unpaired) electrons. The van der Waals surface area contributed by atoms with E-state index in [-0.39, 0.29) is 6.04 Å². The fraction of sp³-hybridized carbons (Fsp3) is 0.312. The maximum atomic E-state index is 6.36. The molecule has 3 heteroatoms. The lowest BCUT2D eigenvalue weighted by Crippen LogP contribution is -2.14. The van der Waals surface area contributed by atoms with Crippen molar-refractivity contribution in [2.45, 2.75) is 26.8 Å². The third-order valence-corrected chi connectivity index (χ3v) is 3.39. The maximum absolute atomic E-state index is 6.36. The van der Waals surface area contributed by atoms with E-state index >= 15 is 0 Å². The van der Waals surface area contributed by atoms with Crippen molar-refractivity contribution in [1.29, 1.82) is 0 Å². The predicted octanol–water partition coefficient (Wildman–Crippen LogP) is 3.15. The first-order chi connectivity index (χ1) is 9.13. The number of hydrogen-bond donors (Lipinski definition) is 1. The first kappa shape index (κ1) is 13.6. The van der Waals surface area contributed by atoms with Gasteiger partial charge in [-0.15, -0.1) is 0 Å². The van der Waals surface area contributed by atoms with E-state index < -0.39 is 0 Å². The summed E-state index contributed by atoms with van der Waals surface area (Å²) in [5.74, 6) is 0.765. The molecule has 0 saturated carbocycles. The Morgan fingerprint density at radius 1 is 1.26 bits per heavy atom. The predicted molar refractivity (Wildman–Crippen MR) is 77.4 cm³/mol. The van der Waals surface area contributed by atoms with Crippen LogP contribution in [0.15, 0.2) is 36.7 Å². The molecule has 3 nitrogen and oxygen atoms in total. The van der Waals surface area contributed by atoms with E-state index in [0.717, 1.165) is 16.9 Å². The molecule has 2 aromatic rings. The van der Waals surface area contributed by atoms with Gasteiger partial charge in [-0.1, -0.05) is 18.2 Å². The molecule has 1 aromatic heterocycles. The number of pyridine rings is 1. The van der Waals surface area contributed by atoms with E-state index in [2.05, 4.69) is 31.0 Å². The van der Waals surface area contributed by atoms with Crippen molar-refractivity contribution in [3.8, 4) is 5.75 Å². The summed E-state index contributed by atoms with van der Waals surface area (Å²) in [6.45, 7) is 6.78. The Hall–Kier alpha value is -1.87. The summed E-state index contributed by atoms with van der Waals surface area (Å²) in [5, 5.41) is 0. The van der Waals surface area contributed by atoms with Gasteiger partial charge in [-0.05, 0) is 49.1 Å².